The number of fused-ring (bicyclic) bond motifs is 1. The summed E-state index contributed by atoms with van der Waals surface area (Å²) in [5, 5.41) is 3.75. The van der Waals surface area contributed by atoms with E-state index in [9.17, 15) is 9.59 Å². The first-order valence-electron chi connectivity index (χ1n) is 9.65. The van der Waals surface area contributed by atoms with Crippen molar-refractivity contribution in [2.24, 2.45) is 0 Å². The SMILES string of the molecule is CCCCc1oc2ccccc2c1CN(C)C(=O)CCNC(=O)c1ccco1. The van der Waals surface area contributed by atoms with E-state index in [2.05, 4.69) is 12.2 Å². The lowest BCUT2D eigenvalue weighted by molar-refractivity contribution is -0.130. The molecule has 3 rings (SSSR count). The van der Waals surface area contributed by atoms with E-state index in [1.54, 1.807) is 24.1 Å². The smallest absolute Gasteiger partial charge is 0.286 e. The van der Waals surface area contributed by atoms with Crippen molar-refractivity contribution in [1.82, 2.24) is 10.2 Å². The van der Waals surface area contributed by atoms with E-state index in [0.29, 0.717) is 6.54 Å². The van der Waals surface area contributed by atoms with Crippen LogP contribution in [0, 0.1) is 0 Å². The summed E-state index contributed by atoms with van der Waals surface area (Å²) in [6, 6.07) is 11.2. The zero-order valence-corrected chi connectivity index (χ0v) is 16.4. The molecule has 6 heteroatoms. The zero-order chi connectivity index (χ0) is 19.9. The standard InChI is InChI=1S/C22H26N2O4/c1-3-4-9-19-17(16-8-5-6-10-18(16)28-19)15-24(2)21(25)12-13-23-22(26)20-11-7-14-27-20/h5-8,10-11,14H,3-4,9,12-13,15H2,1-2H3,(H,23,26). The maximum absolute atomic E-state index is 12.5. The Morgan fingerprint density at radius 3 is 2.71 bits per heavy atom. The third-order valence-electron chi connectivity index (χ3n) is 4.73. The molecular weight excluding hydrogens is 356 g/mol. The fraction of sp³-hybridized carbons (Fsp3) is 0.364. The molecule has 1 N–H and O–H groups in total. The Morgan fingerprint density at radius 1 is 1.14 bits per heavy atom. The monoisotopic (exact) mass is 382 g/mol. The van der Waals surface area contributed by atoms with E-state index in [1.807, 2.05) is 24.3 Å². The van der Waals surface area contributed by atoms with E-state index in [4.69, 9.17) is 8.83 Å². The topological polar surface area (TPSA) is 75.7 Å². The minimum atomic E-state index is -0.317. The van der Waals surface area contributed by atoms with Crippen LogP contribution in [0.1, 0.15) is 48.1 Å². The summed E-state index contributed by atoms with van der Waals surface area (Å²) < 4.78 is 11.1. The van der Waals surface area contributed by atoms with Crippen molar-refractivity contribution in [2.45, 2.75) is 39.2 Å². The molecule has 0 spiro atoms. The number of furan rings is 2. The van der Waals surface area contributed by atoms with Crippen molar-refractivity contribution in [3.8, 4) is 0 Å². The highest BCUT2D eigenvalue weighted by atomic mass is 16.3. The third kappa shape index (κ3) is 4.63. The van der Waals surface area contributed by atoms with Gasteiger partial charge in [-0.25, -0.2) is 0 Å². The molecule has 0 unspecified atom stereocenters. The van der Waals surface area contributed by atoms with Crippen LogP contribution in [0.3, 0.4) is 0 Å². The quantitative estimate of drug-likeness (QED) is 0.603. The van der Waals surface area contributed by atoms with Gasteiger partial charge in [0.1, 0.15) is 11.3 Å². The summed E-state index contributed by atoms with van der Waals surface area (Å²) in [4.78, 5) is 26.1. The Morgan fingerprint density at radius 2 is 1.96 bits per heavy atom. The average Bonchev–Trinajstić information content (AvgIpc) is 3.35. The fourth-order valence-corrected chi connectivity index (χ4v) is 3.16. The van der Waals surface area contributed by atoms with Gasteiger partial charge >= 0.3 is 0 Å². The lowest BCUT2D eigenvalue weighted by Crippen LogP contribution is -2.31. The number of rotatable bonds is 9. The van der Waals surface area contributed by atoms with E-state index in [0.717, 1.165) is 41.6 Å². The molecule has 0 radical (unpaired) electrons. The van der Waals surface area contributed by atoms with Gasteiger partial charge in [-0.15, -0.1) is 0 Å². The Bertz CT molecular complexity index is 927. The first-order chi connectivity index (χ1) is 13.6. The summed E-state index contributed by atoms with van der Waals surface area (Å²) >= 11 is 0. The van der Waals surface area contributed by atoms with E-state index >= 15 is 0 Å². The Balaban J connectivity index is 1.61. The Hall–Kier alpha value is -3.02. The normalized spacial score (nSPS) is 10.9. The van der Waals surface area contributed by atoms with Crippen LogP contribution in [0.25, 0.3) is 11.0 Å². The van der Waals surface area contributed by atoms with Gasteiger partial charge < -0.3 is 19.1 Å². The van der Waals surface area contributed by atoms with Crippen molar-refractivity contribution in [2.75, 3.05) is 13.6 Å². The molecule has 1 aromatic carbocycles. The van der Waals surface area contributed by atoms with Gasteiger partial charge in [-0.2, -0.15) is 0 Å². The number of aryl methyl sites for hydroxylation is 1. The molecule has 2 aromatic heterocycles. The molecular formula is C22H26N2O4. The van der Waals surface area contributed by atoms with Gasteiger partial charge in [0.05, 0.1) is 6.26 Å². The number of carbonyl (C=O) groups is 2. The second-order valence-electron chi connectivity index (χ2n) is 6.84. The number of hydrogen-bond donors (Lipinski definition) is 1. The van der Waals surface area contributed by atoms with Gasteiger partial charge in [0, 0.05) is 43.9 Å². The van der Waals surface area contributed by atoms with Crippen LogP contribution in [0.4, 0.5) is 0 Å². The summed E-state index contributed by atoms with van der Waals surface area (Å²) in [6.45, 7) is 2.90. The minimum Gasteiger partial charge on any atom is -0.461 e. The van der Waals surface area contributed by atoms with Gasteiger partial charge in [0.2, 0.25) is 5.91 Å². The van der Waals surface area contributed by atoms with Crippen LogP contribution < -0.4 is 5.32 Å². The van der Waals surface area contributed by atoms with E-state index < -0.39 is 0 Å². The molecule has 148 valence electrons. The van der Waals surface area contributed by atoms with Gasteiger partial charge in [-0.3, -0.25) is 9.59 Å². The first kappa shape index (κ1) is 19.7. The Kier molecular flexibility index (Phi) is 6.53. The van der Waals surface area contributed by atoms with Gasteiger partial charge in [-0.05, 0) is 24.6 Å². The number of unbranched alkanes of at least 4 members (excludes halogenated alkanes) is 1. The van der Waals surface area contributed by atoms with Crippen molar-refractivity contribution >= 4 is 22.8 Å². The molecule has 0 aliphatic heterocycles. The molecule has 3 aromatic rings. The maximum atomic E-state index is 12.5. The summed E-state index contributed by atoms with van der Waals surface area (Å²) in [6.07, 6.45) is 4.66. The molecule has 0 aliphatic rings. The lowest BCUT2D eigenvalue weighted by Gasteiger charge is -2.17. The van der Waals surface area contributed by atoms with E-state index in [1.165, 1.54) is 6.26 Å². The van der Waals surface area contributed by atoms with Crippen LogP contribution in [0.5, 0.6) is 0 Å². The van der Waals surface area contributed by atoms with E-state index in [-0.39, 0.29) is 30.5 Å². The largest absolute Gasteiger partial charge is 0.461 e. The van der Waals surface area contributed by atoms with Crippen molar-refractivity contribution in [1.29, 1.82) is 0 Å². The molecule has 0 saturated carbocycles. The van der Waals surface area contributed by atoms with Gasteiger partial charge in [0.15, 0.2) is 5.76 Å². The number of amides is 2. The summed E-state index contributed by atoms with van der Waals surface area (Å²) in [7, 11) is 1.78. The van der Waals surface area contributed by atoms with Crippen LogP contribution in [-0.2, 0) is 17.8 Å². The fourth-order valence-electron chi connectivity index (χ4n) is 3.16. The van der Waals surface area contributed by atoms with Gasteiger partial charge in [-0.1, -0.05) is 31.5 Å². The van der Waals surface area contributed by atoms with Crippen LogP contribution in [0.2, 0.25) is 0 Å². The Labute approximate surface area is 164 Å². The molecule has 0 atom stereocenters. The number of benzene rings is 1. The second kappa shape index (κ2) is 9.26. The highest BCUT2D eigenvalue weighted by Crippen LogP contribution is 2.28. The van der Waals surface area contributed by atoms with Crippen LogP contribution >= 0.6 is 0 Å². The zero-order valence-electron chi connectivity index (χ0n) is 16.4. The van der Waals surface area contributed by atoms with Crippen LogP contribution in [-0.4, -0.2) is 30.3 Å². The predicted molar refractivity (Wildman–Crippen MR) is 107 cm³/mol. The van der Waals surface area contributed by atoms with Gasteiger partial charge in [0.25, 0.3) is 5.91 Å². The molecule has 0 aliphatic carbocycles. The lowest BCUT2D eigenvalue weighted by atomic mass is 10.1. The number of hydrogen-bond acceptors (Lipinski definition) is 4. The molecule has 0 bridgehead atoms. The first-order valence-corrected chi connectivity index (χ1v) is 9.65. The third-order valence-corrected chi connectivity index (χ3v) is 4.73. The summed E-state index contributed by atoms with van der Waals surface area (Å²) in [5.74, 6) is 0.842. The molecule has 2 amide bonds. The predicted octanol–water partition coefficient (Wildman–Crippen LogP) is 4.15. The maximum Gasteiger partial charge on any atom is 0.286 e. The van der Waals surface area contributed by atoms with Crippen molar-refractivity contribution in [3.63, 3.8) is 0 Å². The van der Waals surface area contributed by atoms with Crippen molar-refractivity contribution in [3.05, 3.63) is 59.7 Å². The highest BCUT2D eigenvalue weighted by Gasteiger charge is 2.18. The highest BCUT2D eigenvalue weighted by molar-refractivity contribution is 5.91. The molecule has 0 saturated heterocycles. The number of carbonyl (C=O) groups excluding carboxylic acids is 2. The van der Waals surface area contributed by atoms with Crippen LogP contribution in [0.15, 0.2) is 51.5 Å². The van der Waals surface area contributed by atoms with Crippen molar-refractivity contribution < 1.29 is 18.4 Å². The average molecular weight is 382 g/mol. The molecule has 0 fully saturated rings. The summed E-state index contributed by atoms with van der Waals surface area (Å²) in [5.41, 5.74) is 1.93. The second-order valence-corrected chi connectivity index (χ2v) is 6.84. The number of nitrogens with zero attached hydrogens (tertiary/aromatic N) is 1. The minimum absolute atomic E-state index is 0.0357. The molecule has 2 heterocycles. The molecule has 28 heavy (non-hydrogen) atoms. The number of para-hydroxylation sites is 1. The number of nitrogens with one attached hydrogen (secondary N) is 1. The molecule has 6 nitrogen and oxygen atoms in total.